The Labute approximate surface area is 157 Å². The fraction of sp³-hybridized carbons (Fsp3) is 0.389. The van der Waals surface area contributed by atoms with Gasteiger partial charge in [-0.2, -0.15) is 4.31 Å². The molecule has 140 valence electrons. The van der Waals surface area contributed by atoms with Crippen molar-refractivity contribution in [2.45, 2.75) is 24.2 Å². The fourth-order valence-corrected chi connectivity index (χ4v) is 5.46. The van der Waals surface area contributed by atoms with Gasteiger partial charge in [-0.05, 0) is 49.1 Å². The molecule has 3 rings (SSSR count). The van der Waals surface area contributed by atoms with Crippen molar-refractivity contribution in [1.29, 1.82) is 0 Å². The Balaban J connectivity index is 1.62. The maximum Gasteiger partial charge on any atom is 0.252 e. The number of benzene rings is 1. The molecule has 1 unspecified atom stereocenters. The van der Waals surface area contributed by atoms with E-state index in [2.05, 4.69) is 0 Å². The van der Waals surface area contributed by atoms with Crippen molar-refractivity contribution < 1.29 is 22.7 Å². The highest BCUT2D eigenvalue weighted by Gasteiger charge is 2.31. The van der Waals surface area contributed by atoms with E-state index in [4.69, 9.17) is 9.47 Å². The van der Waals surface area contributed by atoms with Gasteiger partial charge in [-0.3, -0.25) is 4.79 Å². The van der Waals surface area contributed by atoms with E-state index in [1.807, 2.05) is 6.92 Å². The number of ketones is 1. The second kappa shape index (κ2) is 7.87. The van der Waals surface area contributed by atoms with Crippen LogP contribution in [0.1, 0.15) is 22.8 Å². The molecule has 0 spiro atoms. The number of hydrogen-bond donors (Lipinski definition) is 0. The minimum Gasteiger partial charge on any atom is -0.491 e. The van der Waals surface area contributed by atoms with Crippen LogP contribution in [0, 0.1) is 6.92 Å². The number of nitrogens with zero attached hydrogens (tertiary/aromatic N) is 1. The zero-order chi connectivity index (χ0) is 18.7. The molecule has 26 heavy (non-hydrogen) atoms. The van der Waals surface area contributed by atoms with Gasteiger partial charge in [0.2, 0.25) is 0 Å². The lowest BCUT2D eigenvalue weighted by atomic mass is 10.1. The Bertz CT molecular complexity index is 877. The first-order valence-electron chi connectivity index (χ1n) is 8.27. The zero-order valence-electron chi connectivity index (χ0n) is 14.7. The van der Waals surface area contributed by atoms with Crippen LogP contribution in [-0.2, 0) is 14.8 Å². The molecule has 8 heteroatoms. The largest absolute Gasteiger partial charge is 0.491 e. The lowest BCUT2D eigenvalue weighted by Gasteiger charge is -2.31. The fourth-order valence-electron chi connectivity index (χ4n) is 2.86. The Morgan fingerprint density at radius 3 is 2.85 bits per heavy atom. The number of aryl methyl sites for hydroxylation is 1. The van der Waals surface area contributed by atoms with E-state index in [1.165, 1.54) is 22.6 Å². The molecule has 6 nitrogen and oxygen atoms in total. The maximum absolute atomic E-state index is 12.6. The quantitative estimate of drug-likeness (QED) is 0.703. The van der Waals surface area contributed by atoms with Gasteiger partial charge < -0.3 is 9.47 Å². The van der Waals surface area contributed by atoms with Gasteiger partial charge in [0.05, 0.1) is 6.61 Å². The van der Waals surface area contributed by atoms with Crippen LogP contribution < -0.4 is 4.74 Å². The van der Waals surface area contributed by atoms with Crippen molar-refractivity contribution >= 4 is 27.1 Å². The Morgan fingerprint density at radius 2 is 2.19 bits per heavy atom. The second-order valence-corrected chi connectivity index (χ2v) is 9.24. The van der Waals surface area contributed by atoms with E-state index < -0.39 is 10.0 Å². The number of carbonyl (C=O) groups excluding carboxylic acids is 1. The van der Waals surface area contributed by atoms with Crippen LogP contribution in [0.15, 0.2) is 39.9 Å². The third kappa shape index (κ3) is 4.15. The minimum absolute atomic E-state index is 0.0130. The minimum atomic E-state index is -3.48. The molecule has 2 heterocycles. The van der Waals surface area contributed by atoms with Gasteiger partial charge in [0.25, 0.3) is 10.0 Å². The molecule has 1 aromatic heterocycles. The molecule has 0 N–H and O–H groups in total. The smallest absolute Gasteiger partial charge is 0.252 e. The summed E-state index contributed by atoms with van der Waals surface area (Å²) in [5.74, 6) is 0.647. The molecule has 1 aromatic carbocycles. The van der Waals surface area contributed by atoms with Crippen LogP contribution in [0.3, 0.4) is 0 Å². The molecule has 1 atom stereocenters. The first-order valence-corrected chi connectivity index (χ1v) is 10.6. The average Bonchev–Trinajstić information content (AvgIpc) is 3.15. The molecule has 1 saturated heterocycles. The molecule has 1 fully saturated rings. The molecule has 0 amide bonds. The summed E-state index contributed by atoms with van der Waals surface area (Å²) in [5.41, 5.74) is 1.51. The topological polar surface area (TPSA) is 72.9 Å². The first-order chi connectivity index (χ1) is 12.4. The molecule has 0 aliphatic carbocycles. The normalized spacial score (nSPS) is 18.6. The van der Waals surface area contributed by atoms with Crippen molar-refractivity contribution in [3.05, 3.63) is 46.8 Å². The van der Waals surface area contributed by atoms with Crippen molar-refractivity contribution in [3.63, 3.8) is 0 Å². The number of thiophene rings is 1. The van der Waals surface area contributed by atoms with Gasteiger partial charge in [-0.15, -0.1) is 11.3 Å². The number of hydrogen-bond acceptors (Lipinski definition) is 6. The van der Waals surface area contributed by atoms with Crippen LogP contribution in [0.25, 0.3) is 0 Å². The lowest BCUT2D eigenvalue weighted by molar-refractivity contribution is -0.0249. The summed E-state index contributed by atoms with van der Waals surface area (Å²) in [6.45, 7) is 4.56. The van der Waals surface area contributed by atoms with Gasteiger partial charge in [-0.25, -0.2) is 8.42 Å². The van der Waals surface area contributed by atoms with E-state index in [-0.39, 0.29) is 25.0 Å². The van der Waals surface area contributed by atoms with Gasteiger partial charge in [0.1, 0.15) is 22.7 Å². The van der Waals surface area contributed by atoms with E-state index >= 15 is 0 Å². The van der Waals surface area contributed by atoms with Crippen LogP contribution in [-0.4, -0.2) is 50.9 Å². The summed E-state index contributed by atoms with van der Waals surface area (Å²) >= 11 is 1.21. The Kier molecular flexibility index (Phi) is 5.76. The molecule has 0 bridgehead atoms. The summed E-state index contributed by atoms with van der Waals surface area (Å²) in [4.78, 5) is 11.5. The van der Waals surface area contributed by atoms with Crippen molar-refractivity contribution in [2.24, 2.45) is 0 Å². The number of Topliss-reactive ketones (excluding diaryl/α,β-unsaturated/α-hetero) is 1. The van der Waals surface area contributed by atoms with Gasteiger partial charge >= 0.3 is 0 Å². The van der Waals surface area contributed by atoms with Crippen molar-refractivity contribution in [3.8, 4) is 5.75 Å². The Morgan fingerprint density at radius 1 is 1.38 bits per heavy atom. The number of sulfonamides is 1. The van der Waals surface area contributed by atoms with Gasteiger partial charge in [0, 0.05) is 18.7 Å². The summed E-state index contributed by atoms with van der Waals surface area (Å²) < 4.78 is 38.4. The highest BCUT2D eigenvalue weighted by atomic mass is 32.2. The summed E-state index contributed by atoms with van der Waals surface area (Å²) in [6, 6.07) is 8.63. The molecular weight excluding hydrogens is 374 g/mol. The van der Waals surface area contributed by atoms with Crippen molar-refractivity contribution in [2.75, 3.05) is 26.3 Å². The van der Waals surface area contributed by atoms with E-state index in [0.29, 0.717) is 28.7 Å². The van der Waals surface area contributed by atoms with Crippen molar-refractivity contribution in [1.82, 2.24) is 4.31 Å². The average molecular weight is 396 g/mol. The van der Waals surface area contributed by atoms with E-state index in [1.54, 1.807) is 35.7 Å². The molecular formula is C18H21NO5S2. The highest BCUT2D eigenvalue weighted by molar-refractivity contribution is 7.91. The van der Waals surface area contributed by atoms with Crippen LogP contribution in [0.2, 0.25) is 0 Å². The van der Waals surface area contributed by atoms with E-state index in [9.17, 15) is 13.2 Å². The molecule has 2 aromatic rings. The van der Waals surface area contributed by atoms with Crippen LogP contribution in [0.5, 0.6) is 5.75 Å². The molecule has 0 saturated carbocycles. The lowest BCUT2D eigenvalue weighted by Crippen LogP contribution is -2.47. The second-order valence-electron chi connectivity index (χ2n) is 6.13. The molecule has 0 radical (unpaired) electrons. The van der Waals surface area contributed by atoms with Gasteiger partial charge in [-0.1, -0.05) is 6.07 Å². The molecule has 1 aliphatic rings. The highest BCUT2D eigenvalue weighted by Crippen LogP contribution is 2.23. The summed E-state index contributed by atoms with van der Waals surface area (Å²) in [6.07, 6.45) is -0.341. The summed E-state index contributed by atoms with van der Waals surface area (Å²) in [7, 11) is -3.48. The number of rotatable bonds is 6. The Hall–Kier alpha value is -1.74. The van der Waals surface area contributed by atoms with Crippen LogP contribution >= 0.6 is 11.3 Å². The predicted molar refractivity (Wildman–Crippen MR) is 99.5 cm³/mol. The summed E-state index contributed by atoms with van der Waals surface area (Å²) in [5, 5.41) is 1.75. The number of morpholine rings is 1. The maximum atomic E-state index is 12.6. The first kappa shape index (κ1) is 19.0. The zero-order valence-corrected chi connectivity index (χ0v) is 16.3. The number of carbonyl (C=O) groups is 1. The van der Waals surface area contributed by atoms with Gasteiger partial charge in [0.15, 0.2) is 5.78 Å². The molecule has 1 aliphatic heterocycles. The third-order valence-electron chi connectivity index (χ3n) is 4.20. The predicted octanol–water partition coefficient (Wildman–Crippen LogP) is 2.73. The monoisotopic (exact) mass is 395 g/mol. The standard InChI is InChI=1S/C18H21NO5S2/c1-13-10-15(5-6-17(13)14(2)20)24-12-16-11-19(7-8-23-16)26(21,22)18-4-3-9-25-18/h3-6,9-10,16H,7-8,11-12H2,1-2H3. The third-order valence-corrected chi connectivity index (χ3v) is 7.44. The SMILES string of the molecule is CC(=O)c1ccc(OCC2CN(S(=O)(=O)c3cccs3)CCO2)cc1C. The van der Waals surface area contributed by atoms with E-state index in [0.717, 1.165) is 5.56 Å². The number of ether oxygens (including phenoxy) is 2. The van der Waals surface area contributed by atoms with Crippen LogP contribution in [0.4, 0.5) is 0 Å².